The zero-order valence-corrected chi connectivity index (χ0v) is 42.8. The highest BCUT2D eigenvalue weighted by molar-refractivity contribution is 5.77. The Balaban J connectivity index is 4.71. The average molecular weight is 916 g/mol. The quantitative estimate of drug-likeness (QED) is 0.0245. The van der Waals surface area contributed by atoms with Crippen LogP contribution < -0.4 is 5.32 Å². The van der Waals surface area contributed by atoms with Crippen molar-refractivity contribution in [1.29, 1.82) is 0 Å². The van der Waals surface area contributed by atoms with E-state index < -0.39 is 18.2 Å². The van der Waals surface area contributed by atoms with E-state index in [1.807, 2.05) is 30.4 Å². The minimum atomic E-state index is -0.824. The molecule has 0 saturated carbocycles. The molecule has 1 amide bonds. The fraction of sp³-hybridized carbons (Fsp3) is 0.667. The molecule has 0 aromatic carbocycles. The molecule has 6 heteroatoms. The van der Waals surface area contributed by atoms with Crippen molar-refractivity contribution in [2.75, 3.05) is 6.61 Å². The minimum absolute atomic E-state index is 0.0166. The molecule has 3 N–H and O–H groups in total. The Morgan fingerprint density at radius 3 is 1.41 bits per heavy atom. The van der Waals surface area contributed by atoms with Crippen LogP contribution in [0.3, 0.4) is 0 Å². The molecule has 0 aliphatic rings. The van der Waals surface area contributed by atoms with E-state index >= 15 is 0 Å². The number of nitrogens with one attached hydrogen (secondary N) is 1. The molecule has 0 heterocycles. The fourth-order valence-corrected chi connectivity index (χ4v) is 7.64. The van der Waals surface area contributed by atoms with Gasteiger partial charge in [0.1, 0.15) is 6.10 Å². The summed E-state index contributed by atoms with van der Waals surface area (Å²) in [6.07, 6.45) is 71.7. The number of carbonyl (C=O) groups excluding carboxylic acids is 2. The van der Waals surface area contributed by atoms with Gasteiger partial charge in [0.15, 0.2) is 0 Å². The number of allylic oxidation sites excluding steroid dienone is 17. The Labute approximate surface area is 407 Å². The summed E-state index contributed by atoms with van der Waals surface area (Å²) >= 11 is 0. The number of aliphatic hydroxyl groups excluding tert-OH is 2. The summed E-state index contributed by atoms with van der Waals surface area (Å²) in [5.74, 6) is -0.613. The summed E-state index contributed by atoms with van der Waals surface area (Å²) in [5.41, 5.74) is 0. The summed E-state index contributed by atoms with van der Waals surface area (Å²) in [4.78, 5) is 26.2. The second-order valence-corrected chi connectivity index (χ2v) is 18.0. The molecule has 66 heavy (non-hydrogen) atoms. The van der Waals surface area contributed by atoms with Gasteiger partial charge in [-0.3, -0.25) is 9.59 Å². The van der Waals surface area contributed by atoms with Crippen LogP contribution in [-0.4, -0.2) is 46.9 Å². The van der Waals surface area contributed by atoms with Crippen LogP contribution >= 0.6 is 0 Å². The highest BCUT2D eigenvalue weighted by Crippen LogP contribution is 2.16. The Morgan fingerprint density at radius 1 is 0.485 bits per heavy atom. The zero-order valence-electron chi connectivity index (χ0n) is 42.8. The van der Waals surface area contributed by atoms with E-state index in [4.69, 9.17) is 4.74 Å². The summed E-state index contributed by atoms with van der Waals surface area (Å²) in [7, 11) is 0. The SMILES string of the molecule is CC/C=C\C/C=C\C/C=C\C/C=C\C/C=C\CC(CC(=O)NC(CO)C(O)CCCCCCCCCCCCCCCCCCC)OC(=O)CCCCCCC\C=C/C=C/C=C/C=C/CC. The lowest BCUT2D eigenvalue weighted by Gasteiger charge is -2.24. The normalized spacial score (nSPS) is 14.1. The van der Waals surface area contributed by atoms with Gasteiger partial charge in [0, 0.05) is 12.8 Å². The molecule has 0 aliphatic heterocycles. The first-order valence-electron chi connectivity index (χ1n) is 27.2. The topological polar surface area (TPSA) is 95.9 Å². The highest BCUT2D eigenvalue weighted by Gasteiger charge is 2.23. The van der Waals surface area contributed by atoms with Crippen LogP contribution in [0.25, 0.3) is 0 Å². The second kappa shape index (κ2) is 52.5. The number of hydrogen-bond donors (Lipinski definition) is 3. The Morgan fingerprint density at radius 2 is 0.909 bits per heavy atom. The van der Waals surface area contributed by atoms with Crippen molar-refractivity contribution in [1.82, 2.24) is 5.32 Å². The van der Waals surface area contributed by atoms with Crippen LogP contribution in [0.1, 0.15) is 233 Å². The van der Waals surface area contributed by atoms with Crippen LogP contribution in [0, 0.1) is 0 Å². The molecule has 0 radical (unpaired) electrons. The van der Waals surface area contributed by atoms with E-state index in [0.717, 1.165) is 96.3 Å². The van der Waals surface area contributed by atoms with E-state index in [2.05, 4.69) is 105 Å². The third-order valence-corrected chi connectivity index (χ3v) is 11.7. The maximum Gasteiger partial charge on any atom is 0.306 e. The number of unbranched alkanes of at least 4 members (excludes halogenated alkanes) is 21. The number of ether oxygens (including phenoxy) is 1. The smallest absolute Gasteiger partial charge is 0.306 e. The fourth-order valence-electron chi connectivity index (χ4n) is 7.64. The monoisotopic (exact) mass is 916 g/mol. The van der Waals surface area contributed by atoms with Crippen LogP contribution in [0.2, 0.25) is 0 Å². The lowest BCUT2D eigenvalue weighted by Crippen LogP contribution is -2.46. The third kappa shape index (κ3) is 47.0. The molecule has 0 aromatic heterocycles. The molecule has 0 aromatic rings. The van der Waals surface area contributed by atoms with Crippen LogP contribution in [-0.2, 0) is 14.3 Å². The first kappa shape index (κ1) is 62.5. The highest BCUT2D eigenvalue weighted by atomic mass is 16.5. The van der Waals surface area contributed by atoms with Crippen molar-refractivity contribution in [3.05, 3.63) is 109 Å². The van der Waals surface area contributed by atoms with E-state index in [1.54, 1.807) is 0 Å². The lowest BCUT2D eigenvalue weighted by molar-refractivity contribution is -0.150. The van der Waals surface area contributed by atoms with Crippen LogP contribution in [0.15, 0.2) is 109 Å². The molecular formula is C60H101NO5. The first-order valence-corrected chi connectivity index (χ1v) is 27.2. The van der Waals surface area contributed by atoms with Gasteiger partial charge in [-0.05, 0) is 64.2 Å². The standard InChI is InChI=1S/C60H101NO5/c1-4-7-10-13-16-19-22-25-28-29-32-34-37-40-43-46-49-52-58(63)57(55-62)61-59(64)54-56(51-48-45-42-39-36-33-30-26-23-20-17-14-11-8-5-2)66-60(65)53-50-47-44-41-38-35-31-27-24-21-18-15-12-9-6-3/h8-9,11-12,15,17-18,20-21,24,26-27,30-31,36,39,45,48,56-58,62-63H,4-7,10,13-14,16,19,22-23,25,28-29,32-35,37-38,40-44,46-47,49-55H2,1-3H3,(H,61,64)/b11-8-,12-9+,18-15+,20-17-,24-21+,30-26-,31-27-,39-36-,48-45-. The van der Waals surface area contributed by atoms with E-state index in [0.29, 0.717) is 19.3 Å². The van der Waals surface area contributed by atoms with Gasteiger partial charge >= 0.3 is 5.97 Å². The molecule has 0 aliphatic carbocycles. The largest absolute Gasteiger partial charge is 0.461 e. The molecule has 6 nitrogen and oxygen atoms in total. The van der Waals surface area contributed by atoms with Gasteiger partial charge in [-0.15, -0.1) is 0 Å². The van der Waals surface area contributed by atoms with Gasteiger partial charge in [-0.1, -0.05) is 259 Å². The molecular weight excluding hydrogens is 815 g/mol. The summed E-state index contributed by atoms with van der Waals surface area (Å²) in [5, 5.41) is 23.8. The number of esters is 1. The maximum absolute atomic E-state index is 13.2. The third-order valence-electron chi connectivity index (χ3n) is 11.7. The number of amides is 1. The summed E-state index contributed by atoms with van der Waals surface area (Å²) < 4.78 is 5.87. The molecule has 0 spiro atoms. The molecule has 0 bridgehead atoms. The lowest BCUT2D eigenvalue weighted by atomic mass is 10.0. The maximum atomic E-state index is 13.2. The molecule has 0 rings (SSSR count). The van der Waals surface area contributed by atoms with Crippen molar-refractivity contribution in [3.8, 4) is 0 Å². The first-order chi connectivity index (χ1) is 32.5. The van der Waals surface area contributed by atoms with Gasteiger partial charge in [0.25, 0.3) is 0 Å². The summed E-state index contributed by atoms with van der Waals surface area (Å²) in [6.45, 7) is 6.20. The second-order valence-electron chi connectivity index (χ2n) is 18.0. The van der Waals surface area contributed by atoms with Gasteiger partial charge in [0.2, 0.25) is 5.91 Å². The van der Waals surface area contributed by atoms with Crippen LogP contribution in [0.5, 0.6) is 0 Å². The van der Waals surface area contributed by atoms with E-state index in [1.165, 1.54) is 89.9 Å². The molecule has 0 fully saturated rings. The Bertz CT molecular complexity index is 1350. The van der Waals surface area contributed by atoms with Crippen LogP contribution in [0.4, 0.5) is 0 Å². The predicted octanol–water partition coefficient (Wildman–Crippen LogP) is 16.7. The number of carbonyl (C=O) groups is 2. The molecule has 3 unspecified atom stereocenters. The van der Waals surface area contributed by atoms with E-state index in [-0.39, 0.29) is 24.9 Å². The summed E-state index contributed by atoms with van der Waals surface area (Å²) in [6, 6.07) is -0.745. The van der Waals surface area contributed by atoms with E-state index in [9.17, 15) is 19.8 Å². The van der Waals surface area contributed by atoms with Gasteiger partial charge in [-0.2, -0.15) is 0 Å². The van der Waals surface area contributed by atoms with Crippen molar-refractivity contribution in [2.24, 2.45) is 0 Å². The van der Waals surface area contributed by atoms with Crippen molar-refractivity contribution < 1.29 is 24.5 Å². The van der Waals surface area contributed by atoms with Gasteiger partial charge in [0.05, 0.1) is 25.2 Å². The number of hydrogen-bond acceptors (Lipinski definition) is 5. The van der Waals surface area contributed by atoms with Crippen molar-refractivity contribution >= 4 is 11.9 Å². The van der Waals surface area contributed by atoms with Crippen molar-refractivity contribution in [2.45, 2.75) is 251 Å². The van der Waals surface area contributed by atoms with Gasteiger partial charge < -0.3 is 20.3 Å². The van der Waals surface area contributed by atoms with Crippen molar-refractivity contribution in [3.63, 3.8) is 0 Å². The predicted molar refractivity (Wildman–Crippen MR) is 287 cm³/mol. The number of rotatable bonds is 47. The molecule has 376 valence electrons. The number of aliphatic hydroxyl groups is 2. The van der Waals surface area contributed by atoms with Gasteiger partial charge in [-0.25, -0.2) is 0 Å². The molecule has 3 atom stereocenters. The zero-order chi connectivity index (χ0) is 48.1. The minimum Gasteiger partial charge on any atom is -0.461 e. The average Bonchev–Trinajstić information content (AvgIpc) is 3.31. The Hall–Kier alpha value is -3.48. The molecule has 0 saturated heterocycles. The Kier molecular flexibility index (Phi) is 49.7.